The molecule has 2 aliphatic heterocycles. The van der Waals surface area contributed by atoms with Gasteiger partial charge >= 0.3 is 0 Å². The predicted molar refractivity (Wildman–Crippen MR) is 144 cm³/mol. The number of nitrogens with zero attached hydrogens (tertiary/aromatic N) is 2. The van der Waals surface area contributed by atoms with E-state index < -0.39 is 48.0 Å². The Labute approximate surface area is 234 Å². The van der Waals surface area contributed by atoms with E-state index in [0.29, 0.717) is 19.5 Å². The van der Waals surface area contributed by atoms with Gasteiger partial charge in [0, 0.05) is 38.4 Å². The molecule has 0 aromatic heterocycles. The molecule has 3 fully saturated rings. The summed E-state index contributed by atoms with van der Waals surface area (Å²) in [6.45, 7) is 3.19. The number of nitrogens with one attached hydrogen (secondary N) is 3. The van der Waals surface area contributed by atoms with Crippen LogP contribution in [-0.2, 0) is 20.8 Å². The zero-order valence-electron chi connectivity index (χ0n) is 23.2. The molecule has 0 radical (unpaired) electrons. The van der Waals surface area contributed by atoms with Crippen LogP contribution in [0.5, 0.6) is 0 Å². The fraction of sp³-hybridized carbons (Fsp3) is 0.690. The van der Waals surface area contributed by atoms with Crippen molar-refractivity contribution < 1.29 is 28.3 Å². The van der Waals surface area contributed by atoms with Gasteiger partial charge in [0.15, 0.2) is 0 Å². The van der Waals surface area contributed by atoms with Crippen LogP contribution in [-0.4, -0.2) is 95.5 Å². The van der Waals surface area contributed by atoms with Crippen molar-refractivity contribution in [2.75, 3.05) is 26.7 Å². The van der Waals surface area contributed by atoms with Gasteiger partial charge in [-0.15, -0.1) is 0 Å². The maximum atomic E-state index is 14.3. The Balaban J connectivity index is 1.40. The number of aliphatic hydroxyl groups is 1. The molecule has 6 atom stereocenters. The number of aliphatic hydroxyl groups excluding tert-OH is 1. The minimum absolute atomic E-state index is 0.106. The van der Waals surface area contributed by atoms with E-state index in [1.807, 2.05) is 24.3 Å². The van der Waals surface area contributed by atoms with Gasteiger partial charge in [-0.05, 0) is 63.2 Å². The first-order valence-corrected chi connectivity index (χ1v) is 14.5. The summed E-state index contributed by atoms with van der Waals surface area (Å²) >= 11 is 0. The average molecular weight is 562 g/mol. The highest BCUT2D eigenvalue weighted by Gasteiger charge is 2.47. The van der Waals surface area contributed by atoms with Gasteiger partial charge in [0.1, 0.15) is 12.1 Å². The fourth-order valence-corrected chi connectivity index (χ4v) is 6.85. The van der Waals surface area contributed by atoms with Crippen molar-refractivity contribution in [1.82, 2.24) is 25.8 Å². The molecule has 1 aromatic rings. The van der Waals surface area contributed by atoms with Crippen LogP contribution in [0.3, 0.4) is 0 Å². The lowest BCUT2D eigenvalue weighted by molar-refractivity contribution is -0.150. The third-order valence-electron chi connectivity index (χ3n) is 9.40. The smallest absolute Gasteiger partial charge is 0.248 e. The van der Waals surface area contributed by atoms with Crippen LogP contribution < -0.4 is 16.0 Å². The third-order valence-corrected chi connectivity index (χ3v) is 9.40. The molecular weight excluding hydrogens is 520 g/mol. The van der Waals surface area contributed by atoms with Crippen molar-refractivity contribution in [3.05, 3.63) is 35.4 Å². The first kappa shape index (κ1) is 28.9. The Morgan fingerprint density at radius 2 is 1.82 bits per heavy atom. The minimum Gasteiger partial charge on any atom is -0.390 e. The lowest BCUT2D eigenvalue weighted by Crippen LogP contribution is -2.66. The van der Waals surface area contributed by atoms with Crippen LogP contribution in [0.15, 0.2) is 24.3 Å². The van der Waals surface area contributed by atoms with E-state index in [2.05, 4.69) is 20.9 Å². The Morgan fingerprint density at radius 3 is 2.55 bits per heavy atom. The maximum Gasteiger partial charge on any atom is 0.248 e. The first-order chi connectivity index (χ1) is 19.1. The second-order valence-electron chi connectivity index (χ2n) is 11.9. The zero-order valence-corrected chi connectivity index (χ0v) is 23.2. The van der Waals surface area contributed by atoms with E-state index >= 15 is 0 Å². The van der Waals surface area contributed by atoms with Crippen LogP contribution in [0.2, 0.25) is 0 Å². The van der Waals surface area contributed by atoms with E-state index in [-0.39, 0.29) is 43.5 Å². The number of alkyl halides is 2. The van der Waals surface area contributed by atoms with Crippen molar-refractivity contribution in [3.63, 3.8) is 0 Å². The lowest BCUT2D eigenvalue weighted by Gasteiger charge is -2.45. The highest BCUT2D eigenvalue weighted by molar-refractivity contribution is 5.93. The SMILES string of the molecule is CN[C@@H](C)C(=O)N[C@H](C(=O)N1C[C@H]2CCCN2C[C@H]1C(=O)N[C@H]1c2ccccc2C[C@@H]1O)C1CCC(F)(F)CC1. The maximum absolute atomic E-state index is 14.3. The number of amides is 3. The molecule has 1 aromatic carbocycles. The van der Waals surface area contributed by atoms with E-state index in [0.717, 1.165) is 30.5 Å². The van der Waals surface area contributed by atoms with Crippen molar-refractivity contribution in [1.29, 1.82) is 0 Å². The van der Waals surface area contributed by atoms with Gasteiger partial charge in [-0.3, -0.25) is 19.3 Å². The molecule has 3 amide bonds. The van der Waals surface area contributed by atoms with Gasteiger partial charge in [-0.2, -0.15) is 0 Å². The van der Waals surface area contributed by atoms with Gasteiger partial charge in [-0.1, -0.05) is 24.3 Å². The summed E-state index contributed by atoms with van der Waals surface area (Å²) in [5.41, 5.74) is 1.84. The van der Waals surface area contributed by atoms with Gasteiger partial charge in [-0.25, -0.2) is 8.78 Å². The quantitative estimate of drug-likeness (QED) is 0.400. The molecule has 220 valence electrons. The number of hydrogen-bond acceptors (Lipinski definition) is 6. The molecule has 0 unspecified atom stereocenters. The number of hydrogen-bond donors (Lipinski definition) is 4. The van der Waals surface area contributed by atoms with Gasteiger partial charge in [0.2, 0.25) is 23.6 Å². The summed E-state index contributed by atoms with van der Waals surface area (Å²) < 4.78 is 28.0. The van der Waals surface area contributed by atoms with Crippen molar-refractivity contribution in [3.8, 4) is 0 Å². The summed E-state index contributed by atoms with van der Waals surface area (Å²) in [7, 11) is 1.64. The van der Waals surface area contributed by atoms with Crippen LogP contribution >= 0.6 is 0 Å². The average Bonchev–Trinajstić information content (AvgIpc) is 3.53. The van der Waals surface area contributed by atoms with Crippen LogP contribution in [0.1, 0.15) is 62.6 Å². The number of rotatable bonds is 7. The molecule has 9 nitrogen and oxygen atoms in total. The Morgan fingerprint density at radius 1 is 1.10 bits per heavy atom. The molecule has 1 saturated carbocycles. The standard InChI is InChI=1S/C29H41F2N5O4/c1-17(32-2)26(38)33-24(18-9-11-29(30,31)12-10-18)28(40)36-15-20-7-5-13-35(20)16-22(36)27(39)34-25-21-8-4-3-6-19(21)14-23(25)37/h3-4,6,8,17-18,20,22-25,32,37H,5,7,9-16H2,1-2H3,(H,33,38)(H,34,39)/t17-,20+,22-,23-,24-,25-/m0/s1. The number of benzene rings is 1. The number of fused-ring (bicyclic) bond motifs is 2. The minimum atomic E-state index is -2.78. The first-order valence-electron chi connectivity index (χ1n) is 14.5. The normalized spacial score (nSPS) is 29.8. The second-order valence-corrected chi connectivity index (χ2v) is 11.9. The van der Waals surface area contributed by atoms with Crippen molar-refractivity contribution in [2.45, 2.75) is 94.1 Å². The van der Waals surface area contributed by atoms with Crippen LogP contribution in [0, 0.1) is 5.92 Å². The molecule has 11 heteroatoms. The summed E-state index contributed by atoms with van der Waals surface area (Å²) in [5, 5.41) is 19.5. The molecule has 2 heterocycles. The summed E-state index contributed by atoms with van der Waals surface area (Å²) in [5.74, 6) is -4.37. The highest BCUT2D eigenvalue weighted by Crippen LogP contribution is 2.38. The largest absolute Gasteiger partial charge is 0.390 e. The van der Waals surface area contributed by atoms with E-state index in [1.54, 1.807) is 18.9 Å². The topological polar surface area (TPSA) is 114 Å². The number of piperazine rings is 1. The predicted octanol–water partition coefficient (Wildman–Crippen LogP) is 1.35. The highest BCUT2D eigenvalue weighted by atomic mass is 19.3. The van der Waals surface area contributed by atoms with Crippen LogP contribution in [0.25, 0.3) is 0 Å². The molecule has 2 saturated heterocycles. The molecule has 5 rings (SSSR count). The monoisotopic (exact) mass is 561 g/mol. The van der Waals surface area contributed by atoms with Gasteiger partial charge in [0.25, 0.3) is 0 Å². The fourth-order valence-electron chi connectivity index (χ4n) is 6.85. The van der Waals surface area contributed by atoms with Crippen molar-refractivity contribution >= 4 is 17.7 Å². The van der Waals surface area contributed by atoms with E-state index in [9.17, 15) is 28.3 Å². The van der Waals surface area contributed by atoms with Gasteiger partial charge in [0.05, 0.1) is 18.2 Å². The van der Waals surface area contributed by atoms with E-state index in [1.165, 1.54) is 0 Å². The number of carbonyl (C=O) groups excluding carboxylic acids is 3. The number of likely N-dealkylation sites (N-methyl/N-ethyl adjacent to an activating group) is 1. The Kier molecular flexibility index (Phi) is 8.45. The number of halogens is 2. The zero-order chi connectivity index (χ0) is 28.6. The molecule has 2 aliphatic carbocycles. The van der Waals surface area contributed by atoms with E-state index in [4.69, 9.17) is 0 Å². The summed E-state index contributed by atoms with van der Waals surface area (Å²) in [6, 6.07) is 4.72. The third kappa shape index (κ3) is 5.87. The Bertz CT molecular complexity index is 1110. The molecule has 0 spiro atoms. The molecular formula is C29H41F2N5O4. The summed E-state index contributed by atoms with van der Waals surface area (Å²) in [4.78, 5) is 44.8. The van der Waals surface area contributed by atoms with Crippen molar-refractivity contribution in [2.24, 2.45) is 5.92 Å². The van der Waals surface area contributed by atoms with Gasteiger partial charge < -0.3 is 26.0 Å². The number of carbonyl (C=O) groups is 3. The second kappa shape index (κ2) is 11.7. The molecule has 40 heavy (non-hydrogen) atoms. The lowest BCUT2D eigenvalue weighted by atomic mass is 9.81. The molecule has 4 aliphatic rings. The molecule has 0 bridgehead atoms. The molecule has 4 N–H and O–H groups in total. The summed E-state index contributed by atoms with van der Waals surface area (Å²) in [6.07, 6.45) is 1.09. The Hall–Kier alpha value is -2.63. The van der Waals surface area contributed by atoms with Crippen LogP contribution in [0.4, 0.5) is 8.78 Å².